The molecule has 0 aliphatic carbocycles. The van der Waals surface area contributed by atoms with Crippen LogP contribution in [-0.2, 0) is 24.3 Å². The molecule has 0 saturated carbocycles. The molecule has 30 heavy (non-hydrogen) atoms. The monoisotopic (exact) mass is 424 g/mol. The zero-order chi connectivity index (χ0) is 20.9. The van der Waals surface area contributed by atoms with Crippen LogP contribution in [-0.4, -0.2) is 45.5 Å². The van der Waals surface area contributed by atoms with Crippen LogP contribution in [0.3, 0.4) is 0 Å². The summed E-state index contributed by atoms with van der Waals surface area (Å²) in [6.07, 6.45) is 1.84. The second-order valence-electron chi connectivity index (χ2n) is 7.53. The summed E-state index contributed by atoms with van der Waals surface area (Å²) in [5.41, 5.74) is 3.29. The summed E-state index contributed by atoms with van der Waals surface area (Å²) < 4.78 is 5.83. The van der Waals surface area contributed by atoms with Crippen molar-refractivity contribution in [2.45, 2.75) is 32.9 Å². The normalized spacial score (nSPS) is 13.5. The number of fused-ring (bicyclic) bond motifs is 1. The Morgan fingerprint density at radius 1 is 1.13 bits per heavy atom. The standard InChI is InChI=1S/C23H25ClN4O2/c1-2-12-27(15-21-25-26-23(30-21)19-9-5-6-10-20(19)24)16-22(29)28-13-11-17-7-3-4-8-18(17)14-28/h3-10H,2,11-16H2,1H3. The van der Waals surface area contributed by atoms with E-state index in [-0.39, 0.29) is 5.91 Å². The van der Waals surface area contributed by atoms with E-state index >= 15 is 0 Å². The number of hydrogen-bond acceptors (Lipinski definition) is 5. The van der Waals surface area contributed by atoms with Crippen LogP contribution < -0.4 is 0 Å². The first kappa shape index (κ1) is 20.6. The zero-order valence-corrected chi connectivity index (χ0v) is 17.8. The van der Waals surface area contributed by atoms with Gasteiger partial charge in [-0.2, -0.15) is 0 Å². The van der Waals surface area contributed by atoms with Gasteiger partial charge in [-0.25, -0.2) is 0 Å². The van der Waals surface area contributed by atoms with E-state index in [1.54, 1.807) is 6.07 Å². The molecular formula is C23H25ClN4O2. The number of hydrogen-bond donors (Lipinski definition) is 0. The average Bonchev–Trinajstić information content (AvgIpc) is 3.22. The number of carbonyl (C=O) groups is 1. The number of halogens is 1. The van der Waals surface area contributed by atoms with E-state index in [9.17, 15) is 4.79 Å². The van der Waals surface area contributed by atoms with Gasteiger partial charge < -0.3 is 9.32 Å². The summed E-state index contributed by atoms with van der Waals surface area (Å²) in [4.78, 5) is 17.0. The Balaban J connectivity index is 1.41. The van der Waals surface area contributed by atoms with Gasteiger partial charge in [0.2, 0.25) is 17.7 Å². The molecule has 0 radical (unpaired) electrons. The van der Waals surface area contributed by atoms with Crippen molar-refractivity contribution in [1.82, 2.24) is 20.0 Å². The Morgan fingerprint density at radius 3 is 2.70 bits per heavy atom. The molecule has 156 valence electrons. The number of rotatable bonds is 7. The number of carbonyl (C=O) groups excluding carboxylic acids is 1. The lowest BCUT2D eigenvalue weighted by Gasteiger charge is -2.31. The quantitative estimate of drug-likeness (QED) is 0.569. The highest BCUT2D eigenvalue weighted by Gasteiger charge is 2.23. The van der Waals surface area contributed by atoms with Crippen molar-refractivity contribution < 1.29 is 9.21 Å². The minimum Gasteiger partial charge on any atom is -0.419 e. The summed E-state index contributed by atoms with van der Waals surface area (Å²) in [6, 6.07) is 15.7. The highest BCUT2D eigenvalue weighted by Crippen LogP contribution is 2.26. The molecule has 1 aromatic heterocycles. The van der Waals surface area contributed by atoms with E-state index in [1.807, 2.05) is 29.2 Å². The highest BCUT2D eigenvalue weighted by molar-refractivity contribution is 6.33. The third-order valence-corrected chi connectivity index (χ3v) is 5.64. The van der Waals surface area contributed by atoms with Crippen molar-refractivity contribution in [3.63, 3.8) is 0 Å². The fourth-order valence-electron chi connectivity index (χ4n) is 3.78. The summed E-state index contributed by atoms with van der Waals surface area (Å²) in [5, 5.41) is 8.86. The lowest BCUT2D eigenvalue weighted by atomic mass is 10.00. The number of aromatic nitrogens is 2. The molecule has 0 bridgehead atoms. The summed E-state index contributed by atoms with van der Waals surface area (Å²) in [7, 11) is 0. The lowest BCUT2D eigenvalue weighted by molar-refractivity contribution is -0.133. The third-order valence-electron chi connectivity index (χ3n) is 5.31. The first-order valence-corrected chi connectivity index (χ1v) is 10.7. The van der Waals surface area contributed by atoms with E-state index in [2.05, 4.69) is 40.2 Å². The number of amides is 1. The summed E-state index contributed by atoms with van der Waals surface area (Å²) in [6.45, 7) is 5.07. The molecule has 7 heteroatoms. The highest BCUT2D eigenvalue weighted by atomic mass is 35.5. The number of benzene rings is 2. The van der Waals surface area contributed by atoms with Gasteiger partial charge in [-0.1, -0.05) is 54.9 Å². The molecule has 0 spiro atoms. The van der Waals surface area contributed by atoms with E-state index < -0.39 is 0 Å². The van der Waals surface area contributed by atoms with Gasteiger partial charge in [0, 0.05) is 13.1 Å². The molecule has 6 nitrogen and oxygen atoms in total. The van der Waals surface area contributed by atoms with Gasteiger partial charge in [-0.15, -0.1) is 10.2 Å². The zero-order valence-electron chi connectivity index (χ0n) is 17.1. The molecule has 1 amide bonds. The van der Waals surface area contributed by atoms with Crippen LogP contribution in [0.4, 0.5) is 0 Å². The maximum Gasteiger partial charge on any atom is 0.249 e. The van der Waals surface area contributed by atoms with Crippen LogP contribution in [0.25, 0.3) is 11.5 Å². The predicted octanol–water partition coefficient (Wildman–Crippen LogP) is 4.19. The van der Waals surface area contributed by atoms with Crippen LogP contribution >= 0.6 is 11.6 Å². The van der Waals surface area contributed by atoms with Crippen LogP contribution in [0.1, 0.15) is 30.4 Å². The Bertz CT molecular complexity index is 1020. The van der Waals surface area contributed by atoms with Crippen molar-refractivity contribution in [2.24, 2.45) is 0 Å². The Kier molecular flexibility index (Phi) is 6.45. The molecule has 1 aliphatic rings. The second kappa shape index (κ2) is 9.41. The third kappa shape index (κ3) is 4.71. The first-order valence-electron chi connectivity index (χ1n) is 10.3. The predicted molar refractivity (Wildman–Crippen MR) is 116 cm³/mol. The molecule has 0 atom stereocenters. The summed E-state index contributed by atoms with van der Waals surface area (Å²) in [5.74, 6) is 1.00. The van der Waals surface area contributed by atoms with Gasteiger partial charge in [0.05, 0.1) is 23.7 Å². The van der Waals surface area contributed by atoms with Gasteiger partial charge in [-0.3, -0.25) is 9.69 Å². The molecular weight excluding hydrogens is 400 g/mol. The van der Waals surface area contributed by atoms with E-state index in [0.29, 0.717) is 42.0 Å². The first-order chi connectivity index (χ1) is 14.6. The van der Waals surface area contributed by atoms with Crippen molar-refractivity contribution >= 4 is 17.5 Å². The van der Waals surface area contributed by atoms with E-state index in [1.165, 1.54) is 11.1 Å². The largest absolute Gasteiger partial charge is 0.419 e. The van der Waals surface area contributed by atoms with Gasteiger partial charge in [0.1, 0.15) is 0 Å². The van der Waals surface area contributed by atoms with Crippen LogP contribution in [0.2, 0.25) is 5.02 Å². The van der Waals surface area contributed by atoms with Gasteiger partial charge >= 0.3 is 0 Å². The Labute approximate surface area is 181 Å². The van der Waals surface area contributed by atoms with Crippen molar-refractivity contribution in [3.8, 4) is 11.5 Å². The SMILES string of the molecule is CCCN(CC(=O)N1CCc2ccccc2C1)Cc1nnc(-c2ccccc2Cl)o1. The van der Waals surface area contributed by atoms with Crippen LogP contribution in [0.5, 0.6) is 0 Å². The fourth-order valence-corrected chi connectivity index (χ4v) is 4.00. The van der Waals surface area contributed by atoms with Crippen molar-refractivity contribution in [2.75, 3.05) is 19.6 Å². The van der Waals surface area contributed by atoms with Gasteiger partial charge in [0.25, 0.3) is 0 Å². The molecule has 0 fully saturated rings. The number of nitrogens with zero attached hydrogens (tertiary/aromatic N) is 4. The second-order valence-corrected chi connectivity index (χ2v) is 7.93. The van der Waals surface area contributed by atoms with Crippen molar-refractivity contribution in [3.05, 3.63) is 70.6 Å². The topological polar surface area (TPSA) is 62.5 Å². The van der Waals surface area contributed by atoms with Gasteiger partial charge in [0.15, 0.2) is 0 Å². The molecule has 2 aromatic carbocycles. The minimum atomic E-state index is 0.129. The van der Waals surface area contributed by atoms with E-state index in [4.69, 9.17) is 16.0 Å². The Hall–Kier alpha value is -2.70. The van der Waals surface area contributed by atoms with Crippen LogP contribution in [0, 0.1) is 0 Å². The average molecular weight is 425 g/mol. The van der Waals surface area contributed by atoms with E-state index in [0.717, 1.165) is 25.9 Å². The van der Waals surface area contributed by atoms with Crippen molar-refractivity contribution in [1.29, 1.82) is 0 Å². The van der Waals surface area contributed by atoms with Gasteiger partial charge in [-0.05, 0) is 42.6 Å². The maximum atomic E-state index is 13.0. The Morgan fingerprint density at radius 2 is 1.90 bits per heavy atom. The molecule has 0 N–H and O–H groups in total. The molecule has 0 saturated heterocycles. The molecule has 2 heterocycles. The fraction of sp³-hybridized carbons (Fsp3) is 0.348. The maximum absolute atomic E-state index is 13.0. The van der Waals surface area contributed by atoms with Crippen LogP contribution in [0.15, 0.2) is 52.9 Å². The minimum absolute atomic E-state index is 0.129. The lowest BCUT2D eigenvalue weighted by Crippen LogP contribution is -2.42. The molecule has 0 unspecified atom stereocenters. The smallest absolute Gasteiger partial charge is 0.249 e. The molecule has 1 aliphatic heterocycles. The summed E-state index contributed by atoms with van der Waals surface area (Å²) >= 11 is 6.23. The molecule has 3 aromatic rings. The molecule has 4 rings (SSSR count).